The van der Waals surface area contributed by atoms with E-state index >= 15 is 0 Å². The van der Waals surface area contributed by atoms with Crippen molar-refractivity contribution in [2.24, 2.45) is 5.73 Å². The van der Waals surface area contributed by atoms with Crippen molar-refractivity contribution in [1.82, 2.24) is 0 Å². The lowest BCUT2D eigenvalue weighted by Gasteiger charge is -1.98. The van der Waals surface area contributed by atoms with Crippen molar-refractivity contribution in [2.45, 2.75) is 19.8 Å². The zero-order chi connectivity index (χ0) is 8.53. The smallest absolute Gasteiger partial charge is 0.330 e. The van der Waals surface area contributed by atoms with Gasteiger partial charge in [0.1, 0.15) is 0 Å². The summed E-state index contributed by atoms with van der Waals surface area (Å²) in [5.74, 6) is -0.302. The number of unbranched alkanes of at least 4 members (excludes halogenated alkanes) is 1. The Hall–Kier alpha value is -0.830. The van der Waals surface area contributed by atoms with Crippen LogP contribution in [0.5, 0.6) is 0 Å². The number of rotatable bonds is 5. The fraction of sp³-hybridized carbons (Fsp3) is 0.625. The second kappa shape index (κ2) is 7.28. The van der Waals surface area contributed by atoms with Gasteiger partial charge in [0, 0.05) is 12.6 Å². The molecule has 0 spiro atoms. The van der Waals surface area contributed by atoms with Gasteiger partial charge in [-0.3, -0.25) is 0 Å². The highest BCUT2D eigenvalue weighted by Gasteiger charge is 1.93. The van der Waals surface area contributed by atoms with Gasteiger partial charge in [0.05, 0.1) is 6.61 Å². The molecule has 0 unspecified atom stereocenters. The Morgan fingerprint density at radius 1 is 1.64 bits per heavy atom. The lowest BCUT2D eigenvalue weighted by Crippen LogP contribution is -2.03. The summed E-state index contributed by atoms with van der Waals surface area (Å²) in [4.78, 5) is 10.7. The van der Waals surface area contributed by atoms with Gasteiger partial charge >= 0.3 is 5.97 Å². The van der Waals surface area contributed by atoms with E-state index in [4.69, 9.17) is 10.5 Å². The maximum atomic E-state index is 10.7. The van der Waals surface area contributed by atoms with Crippen LogP contribution in [-0.2, 0) is 9.53 Å². The van der Waals surface area contributed by atoms with Crippen molar-refractivity contribution >= 4 is 5.97 Å². The number of esters is 1. The third kappa shape index (κ3) is 7.06. The molecule has 0 atom stereocenters. The molecule has 0 rings (SSSR count). The quantitative estimate of drug-likeness (QED) is 0.365. The van der Waals surface area contributed by atoms with Gasteiger partial charge in [-0.15, -0.1) is 0 Å². The molecule has 0 aliphatic carbocycles. The molecule has 0 aromatic carbocycles. The maximum absolute atomic E-state index is 10.7. The van der Waals surface area contributed by atoms with Crippen molar-refractivity contribution in [3.63, 3.8) is 0 Å². The molecule has 2 N–H and O–H groups in total. The predicted octanol–water partition coefficient (Wildman–Crippen LogP) is 0.845. The van der Waals surface area contributed by atoms with Crippen molar-refractivity contribution in [3.8, 4) is 0 Å². The summed E-state index contributed by atoms with van der Waals surface area (Å²) in [5.41, 5.74) is 5.14. The molecule has 0 amide bonds. The van der Waals surface area contributed by atoms with E-state index in [2.05, 4.69) is 0 Å². The first-order valence-corrected chi connectivity index (χ1v) is 3.84. The van der Waals surface area contributed by atoms with Crippen molar-refractivity contribution in [1.29, 1.82) is 0 Å². The maximum Gasteiger partial charge on any atom is 0.330 e. The first-order chi connectivity index (χ1) is 5.31. The van der Waals surface area contributed by atoms with E-state index in [9.17, 15) is 4.79 Å². The second-order valence-corrected chi connectivity index (χ2v) is 2.16. The molecule has 0 aromatic heterocycles. The molecule has 64 valence electrons. The lowest BCUT2D eigenvalue weighted by atomic mass is 10.4. The van der Waals surface area contributed by atoms with Crippen LogP contribution in [0, 0.1) is 0 Å². The molecule has 0 aromatic rings. The first kappa shape index (κ1) is 10.2. The molecule has 3 nitrogen and oxygen atoms in total. The number of ether oxygens (including phenoxy) is 1. The minimum atomic E-state index is -0.302. The molecular formula is C8H15NO2. The van der Waals surface area contributed by atoms with Crippen LogP contribution in [0.1, 0.15) is 19.8 Å². The number of hydrogen-bond acceptors (Lipinski definition) is 3. The van der Waals surface area contributed by atoms with Gasteiger partial charge in [0.2, 0.25) is 0 Å². The Balaban J connectivity index is 3.30. The van der Waals surface area contributed by atoms with Gasteiger partial charge in [-0.05, 0) is 6.42 Å². The highest BCUT2D eigenvalue weighted by Crippen LogP contribution is 1.89. The van der Waals surface area contributed by atoms with Gasteiger partial charge in [0.25, 0.3) is 0 Å². The van der Waals surface area contributed by atoms with Crippen LogP contribution >= 0.6 is 0 Å². The fourth-order valence-corrected chi connectivity index (χ4v) is 0.529. The summed E-state index contributed by atoms with van der Waals surface area (Å²) >= 11 is 0. The zero-order valence-corrected chi connectivity index (χ0v) is 6.88. The van der Waals surface area contributed by atoms with Crippen LogP contribution in [0.2, 0.25) is 0 Å². The topological polar surface area (TPSA) is 52.3 Å². The van der Waals surface area contributed by atoms with Crippen molar-refractivity contribution < 1.29 is 9.53 Å². The Labute approximate surface area is 67.2 Å². The Morgan fingerprint density at radius 3 is 2.91 bits per heavy atom. The summed E-state index contributed by atoms with van der Waals surface area (Å²) < 4.78 is 4.80. The van der Waals surface area contributed by atoms with Gasteiger partial charge in [-0.1, -0.05) is 19.4 Å². The Kier molecular flexibility index (Phi) is 6.73. The van der Waals surface area contributed by atoms with E-state index in [1.807, 2.05) is 6.92 Å². The van der Waals surface area contributed by atoms with E-state index in [1.165, 1.54) is 6.08 Å². The molecular weight excluding hydrogens is 142 g/mol. The molecule has 0 radical (unpaired) electrons. The van der Waals surface area contributed by atoms with Crippen LogP contribution < -0.4 is 5.73 Å². The van der Waals surface area contributed by atoms with Crippen LogP contribution in [0.15, 0.2) is 12.2 Å². The molecule has 0 saturated heterocycles. The van der Waals surface area contributed by atoms with E-state index in [-0.39, 0.29) is 5.97 Å². The Bertz CT molecular complexity index is 132. The number of carbonyl (C=O) groups is 1. The van der Waals surface area contributed by atoms with E-state index in [0.29, 0.717) is 13.2 Å². The molecule has 0 aliphatic heterocycles. The van der Waals surface area contributed by atoms with Gasteiger partial charge < -0.3 is 10.5 Å². The third-order valence-electron chi connectivity index (χ3n) is 1.13. The molecule has 11 heavy (non-hydrogen) atoms. The van der Waals surface area contributed by atoms with Gasteiger partial charge in [-0.25, -0.2) is 4.79 Å². The highest BCUT2D eigenvalue weighted by atomic mass is 16.5. The van der Waals surface area contributed by atoms with E-state index < -0.39 is 0 Å². The monoisotopic (exact) mass is 157 g/mol. The fourth-order valence-electron chi connectivity index (χ4n) is 0.529. The molecule has 0 saturated carbocycles. The van der Waals surface area contributed by atoms with E-state index in [0.717, 1.165) is 12.8 Å². The second-order valence-electron chi connectivity index (χ2n) is 2.16. The van der Waals surface area contributed by atoms with Crippen molar-refractivity contribution in [2.75, 3.05) is 13.2 Å². The third-order valence-corrected chi connectivity index (χ3v) is 1.13. The minimum Gasteiger partial charge on any atom is -0.463 e. The molecule has 3 heteroatoms. The largest absolute Gasteiger partial charge is 0.463 e. The van der Waals surface area contributed by atoms with Gasteiger partial charge in [0.15, 0.2) is 0 Å². The summed E-state index contributed by atoms with van der Waals surface area (Å²) in [7, 11) is 0. The molecule has 0 heterocycles. The average molecular weight is 157 g/mol. The van der Waals surface area contributed by atoms with E-state index in [1.54, 1.807) is 6.08 Å². The Morgan fingerprint density at radius 2 is 2.36 bits per heavy atom. The average Bonchev–Trinajstić information content (AvgIpc) is 2.01. The number of nitrogens with two attached hydrogens (primary N) is 1. The summed E-state index contributed by atoms with van der Waals surface area (Å²) in [6.45, 7) is 2.93. The number of hydrogen-bond donors (Lipinski definition) is 1. The standard InChI is InChI=1S/C8H15NO2/c1-2-3-7-11-8(10)5-4-6-9/h4-5H,2-3,6-7,9H2,1H3. The normalized spacial score (nSPS) is 10.4. The SMILES string of the molecule is CCCCOC(=O)C=CCN. The summed E-state index contributed by atoms with van der Waals surface area (Å²) in [6, 6.07) is 0. The zero-order valence-electron chi connectivity index (χ0n) is 6.88. The van der Waals surface area contributed by atoms with Gasteiger partial charge in [-0.2, -0.15) is 0 Å². The summed E-state index contributed by atoms with van der Waals surface area (Å²) in [5, 5.41) is 0. The molecule has 0 fully saturated rings. The first-order valence-electron chi connectivity index (χ1n) is 3.84. The summed E-state index contributed by atoms with van der Waals surface area (Å²) in [6.07, 6.45) is 4.89. The predicted molar refractivity (Wildman–Crippen MR) is 44.1 cm³/mol. The van der Waals surface area contributed by atoms with Crippen LogP contribution in [0.25, 0.3) is 0 Å². The minimum absolute atomic E-state index is 0.302. The van der Waals surface area contributed by atoms with Crippen LogP contribution in [-0.4, -0.2) is 19.1 Å². The lowest BCUT2D eigenvalue weighted by molar-refractivity contribution is -0.137. The molecule has 0 aliphatic rings. The van der Waals surface area contributed by atoms with Crippen molar-refractivity contribution in [3.05, 3.63) is 12.2 Å². The van der Waals surface area contributed by atoms with Crippen LogP contribution in [0.3, 0.4) is 0 Å². The number of carbonyl (C=O) groups excluding carboxylic acids is 1. The van der Waals surface area contributed by atoms with Crippen LogP contribution in [0.4, 0.5) is 0 Å². The molecule has 0 bridgehead atoms. The highest BCUT2D eigenvalue weighted by molar-refractivity contribution is 5.81.